The minimum absolute atomic E-state index is 0.0241. The summed E-state index contributed by atoms with van der Waals surface area (Å²) in [5.74, 6) is 0.478. The molecule has 0 aromatic heterocycles. The van der Waals surface area contributed by atoms with E-state index < -0.39 is 4.92 Å². The number of likely N-dealkylation sites (N-methyl/N-ethyl adjacent to an activating group) is 1. The first kappa shape index (κ1) is 13.6. The molecule has 7 nitrogen and oxygen atoms in total. The van der Waals surface area contributed by atoms with Gasteiger partial charge in [-0.05, 0) is 7.05 Å². The molecule has 1 aromatic carbocycles. The number of anilines is 1. The van der Waals surface area contributed by atoms with E-state index in [1.54, 1.807) is 6.07 Å². The van der Waals surface area contributed by atoms with Crippen molar-refractivity contribution in [2.24, 2.45) is 0 Å². The van der Waals surface area contributed by atoms with Crippen molar-refractivity contribution >= 4 is 11.4 Å². The predicted molar refractivity (Wildman–Crippen MR) is 72.3 cm³/mol. The molecule has 1 aromatic rings. The van der Waals surface area contributed by atoms with E-state index >= 15 is 0 Å². The molecule has 2 rings (SSSR count). The van der Waals surface area contributed by atoms with Crippen LogP contribution in [-0.4, -0.2) is 55.2 Å². The zero-order valence-electron chi connectivity index (χ0n) is 11.1. The molecule has 0 saturated carbocycles. The van der Waals surface area contributed by atoms with Gasteiger partial charge in [0.05, 0.1) is 23.8 Å². The van der Waals surface area contributed by atoms with E-state index in [0.29, 0.717) is 11.4 Å². The smallest absolute Gasteiger partial charge is 0.275 e. The third-order valence-corrected chi connectivity index (χ3v) is 3.13. The van der Waals surface area contributed by atoms with Crippen LogP contribution in [0.4, 0.5) is 11.4 Å². The van der Waals surface area contributed by atoms with Gasteiger partial charge in [0, 0.05) is 38.3 Å². The minimum Gasteiger partial charge on any atom is -0.496 e. The van der Waals surface area contributed by atoms with E-state index in [0.717, 1.165) is 26.2 Å². The summed E-state index contributed by atoms with van der Waals surface area (Å²) in [7, 11) is 3.58. The van der Waals surface area contributed by atoms with Crippen LogP contribution < -0.4 is 10.2 Å². The first-order valence-corrected chi connectivity index (χ1v) is 6.12. The highest BCUT2D eigenvalue weighted by Gasteiger charge is 2.16. The summed E-state index contributed by atoms with van der Waals surface area (Å²) in [6.45, 7) is 3.70. The van der Waals surface area contributed by atoms with E-state index in [2.05, 4.69) is 22.4 Å². The summed E-state index contributed by atoms with van der Waals surface area (Å²) in [6.07, 6.45) is 0. The average Bonchev–Trinajstić information content (AvgIpc) is 2.41. The van der Waals surface area contributed by atoms with Crippen molar-refractivity contribution in [3.63, 3.8) is 0 Å². The molecule has 0 unspecified atom stereocenters. The molecule has 0 aliphatic carbocycles. The maximum atomic E-state index is 10.9. The van der Waals surface area contributed by atoms with E-state index in [1.807, 2.05) is 0 Å². The summed E-state index contributed by atoms with van der Waals surface area (Å²) in [5, 5.41) is 12.9. The van der Waals surface area contributed by atoms with Crippen LogP contribution in [0.5, 0.6) is 5.75 Å². The number of piperazine rings is 1. The summed E-state index contributed by atoms with van der Waals surface area (Å²) in [5.41, 5.74) is 3.89. The lowest BCUT2D eigenvalue weighted by molar-refractivity contribution is -0.384. The predicted octanol–water partition coefficient (Wildman–Crippen LogP) is 1.18. The maximum Gasteiger partial charge on any atom is 0.275 e. The van der Waals surface area contributed by atoms with Gasteiger partial charge in [-0.2, -0.15) is 0 Å². The Hall–Kier alpha value is -1.86. The highest BCUT2D eigenvalue weighted by atomic mass is 16.6. The molecule has 19 heavy (non-hydrogen) atoms. The van der Waals surface area contributed by atoms with Gasteiger partial charge in [0.2, 0.25) is 0 Å². The summed E-state index contributed by atoms with van der Waals surface area (Å²) >= 11 is 0. The van der Waals surface area contributed by atoms with Crippen LogP contribution in [-0.2, 0) is 0 Å². The van der Waals surface area contributed by atoms with Crippen molar-refractivity contribution in [3.8, 4) is 5.75 Å². The van der Waals surface area contributed by atoms with Crippen molar-refractivity contribution < 1.29 is 9.66 Å². The average molecular weight is 266 g/mol. The zero-order chi connectivity index (χ0) is 13.8. The Morgan fingerprint density at radius 2 is 1.95 bits per heavy atom. The summed E-state index contributed by atoms with van der Waals surface area (Å²) < 4.78 is 5.08. The van der Waals surface area contributed by atoms with Gasteiger partial charge >= 0.3 is 0 Å². The highest BCUT2D eigenvalue weighted by molar-refractivity contribution is 5.55. The number of hydrazine groups is 1. The Balaban J connectivity index is 2.10. The number of nitrogens with one attached hydrogen (secondary N) is 1. The van der Waals surface area contributed by atoms with E-state index in [-0.39, 0.29) is 5.69 Å². The molecule has 0 spiro atoms. The van der Waals surface area contributed by atoms with E-state index in [1.165, 1.54) is 19.2 Å². The number of nitro groups is 1. The fourth-order valence-corrected chi connectivity index (χ4v) is 1.97. The Labute approximate surface area is 111 Å². The van der Waals surface area contributed by atoms with Gasteiger partial charge in [-0.1, -0.05) is 0 Å². The van der Waals surface area contributed by atoms with Gasteiger partial charge in [-0.25, -0.2) is 5.01 Å². The van der Waals surface area contributed by atoms with E-state index in [4.69, 9.17) is 4.74 Å². The van der Waals surface area contributed by atoms with Crippen LogP contribution in [0.3, 0.4) is 0 Å². The first-order valence-electron chi connectivity index (χ1n) is 6.12. The number of ether oxygens (including phenoxy) is 1. The molecular formula is C12H18N4O3. The number of benzene rings is 1. The zero-order valence-corrected chi connectivity index (χ0v) is 11.1. The van der Waals surface area contributed by atoms with Crippen LogP contribution in [0.1, 0.15) is 0 Å². The van der Waals surface area contributed by atoms with Gasteiger partial charge in [-0.3, -0.25) is 10.1 Å². The fraction of sp³-hybridized carbons (Fsp3) is 0.500. The lowest BCUT2D eigenvalue weighted by Gasteiger charge is -2.33. The minimum atomic E-state index is -0.419. The number of rotatable bonds is 4. The highest BCUT2D eigenvalue weighted by Crippen LogP contribution is 2.26. The largest absolute Gasteiger partial charge is 0.496 e. The summed E-state index contributed by atoms with van der Waals surface area (Å²) in [6, 6.07) is 4.68. The SMILES string of the molecule is COc1cc(NN2CCN(C)CC2)cc([N+](=O)[O-])c1. The molecular weight excluding hydrogens is 248 g/mol. The number of non-ortho nitro benzene ring substituents is 1. The maximum absolute atomic E-state index is 10.9. The molecule has 0 amide bonds. The molecule has 104 valence electrons. The lowest BCUT2D eigenvalue weighted by Crippen LogP contribution is -2.46. The standard InChI is InChI=1S/C12H18N4O3/c1-14-3-5-15(6-4-14)13-10-7-11(16(17)18)9-12(8-10)19-2/h7-9,13H,3-6H2,1-2H3. The molecule has 1 saturated heterocycles. The number of nitro benzene ring substituents is 1. The van der Waals surface area contributed by atoms with E-state index in [9.17, 15) is 10.1 Å². The van der Waals surface area contributed by atoms with Crippen molar-refractivity contribution in [2.45, 2.75) is 0 Å². The summed E-state index contributed by atoms with van der Waals surface area (Å²) in [4.78, 5) is 12.7. The van der Waals surface area contributed by atoms with Crippen molar-refractivity contribution in [2.75, 3.05) is 45.8 Å². The van der Waals surface area contributed by atoms with Crippen LogP contribution in [0.15, 0.2) is 18.2 Å². The van der Waals surface area contributed by atoms with Crippen molar-refractivity contribution in [3.05, 3.63) is 28.3 Å². The molecule has 1 N–H and O–H groups in total. The molecule has 0 atom stereocenters. The normalized spacial score (nSPS) is 17.2. The van der Waals surface area contributed by atoms with Gasteiger partial charge in [0.15, 0.2) is 0 Å². The second kappa shape index (κ2) is 5.85. The number of nitrogens with zero attached hydrogens (tertiary/aromatic N) is 3. The number of hydrogen-bond donors (Lipinski definition) is 1. The fourth-order valence-electron chi connectivity index (χ4n) is 1.97. The lowest BCUT2D eigenvalue weighted by atomic mass is 10.2. The Bertz CT molecular complexity index is 458. The van der Waals surface area contributed by atoms with Gasteiger partial charge in [-0.15, -0.1) is 0 Å². The van der Waals surface area contributed by atoms with Gasteiger partial charge in [0.25, 0.3) is 5.69 Å². The molecule has 1 fully saturated rings. The molecule has 1 aliphatic heterocycles. The Kier molecular flexibility index (Phi) is 4.18. The number of hydrogen-bond acceptors (Lipinski definition) is 6. The van der Waals surface area contributed by atoms with Crippen LogP contribution in [0.2, 0.25) is 0 Å². The molecule has 7 heteroatoms. The van der Waals surface area contributed by atoms with Crippen LogP contribution in [0.25, 0.3) is 0 Å². The second-order valence-corrected chi connectivity index (χ2v) is 4.58. The third-order valence-electron chi connectivity index (χ3n) is 3.13. The first-order chi connectivity index (χ1) is 9.08. The quantitative estimate of drug-likeness (QED) is 0.651. The molecule has 0 radical (unpaired) electrons. The Morgan fingerprint density at radius 3 is 2.53 bits per heavy atom. The van der Waals surface area contributed by atoms with Crippen molar-refractivity contribution in [1.82, 2.24) is 9.91 Å². The topological polar surface area (TPSA) is 70.9 Å². The van der Waals surface area contributed by atoms with Gasteiger partial charge < -0.3 is 15.1 Å². The molecule has 0 bridgehead atoms. The second-order valence-electron chi connectivity index (χ2n) is 4.58. The van der Waals surface area contributed by atoms with Crippen LogP contribution >= 0.6 is 0 Å². The molecule has 1 aliphatic rings. The van der Waals surface area contributed by atoms with Crippen LogP contribution in [0, 0.1) is 10.1 Å². The molecule has 1 heterocycles. The Morgan fingerprint density at radius 1 is 1.26 bits per heavy atom. The number of methoxy groups -OCH3 is 1. The monoisotopic (exact) mass is 266 g/mol. The third kappa shape index (κ3) is 3.55. The van der Waals surface area contributed by atoms with Crippen molar-refractivity contribution in [1.29, 1.82) is 0 Å². The van der Waals surface area contributed by atoms with Gasteiger partial charge in [0.1, 0.15) is 5.75 Å².